The topological polar surface area (TPSA) is 73.2 Å². The van der Waals surface area contributed by atoms with Crippen LogP contribution < -0.4 is 4.74 Å². The van der Waals surface area contributed by atoms with Gasteiger partial charge in [-0.15, -0.1) is 0 Å². The number of phenols is 1. The largest absolute Gasteiger partial charge is 0.504 e. The lowest BCUT2D eigenvalue weighted by Gasteiger charge is -2.62. The summed E-state index contributed by atoms with van der Waals surface area (Å²) in [5.41, 5.74) is 2.10. The Labute approximate surface area is 217 Å². The molecule has 2 bridgehead atoms. The van der Waals surface area contributed by atoms with Crippen LogP contribution in [0.5, 0.6) is 11.5 Å². The Hall–Kier alpha value is -3.27. The summed E-state index contributed by atoms with van der Waals surface area (Å²) < 4.78 is 6.54. The number of hydrogen-bond acceptors (Lipinski definition) is 5. The average Bonchev–Trinajstić information content (AvgIpc) is 3.62. The van der Waals surface area contributed by atoms with Crippen molar-refractivity contribution in [3.63, 3.8) is 0 Å². The Balaban J connectivity index is 1.29. The fourth-order valence-corrected chi connectivity index (χ4v) is 7.42. The summed E-state index contributed by atoms with van der Waals surface area (Å²) in [6.45, 7) is 3.88. The number of phenolic OH excluding ortho intramolecular Hbond substituents is 1. The van der Waals surface area contributed by atoms with E-state index in [9.17, 15) is 15.0 Å². The molecule has 1 saturated heterocycles. The summed E-state index contributed by atoms with van der Waals surface area (Å²) in [5.74, 6) is 6.77. The van der Waals surface area contributed by atoms with Crippen LogP contribution >= 0.6 is 0 Å². The number of likely N-dealkylation sites (tertiary alicyclic amines) is 1. The zero-order chi connectivity index (χ0) is 25.5. The number of carbonyl (C=O) groups excluding carboxylic acids is 1. The molecular formula is C31H32N2O4. The molecule has 2 aliphatic heterocycles. The van der Waals surface area contributed by atoms with Crippen LogP contribution in [0.4, 0.5) is 0 Å². The van der Waals surface area contributed by atoms with Gasteiger partial charge in [0.25, 0.3) is 5.91 Å². The first-order valence-electron chi connectivity index (χ1n) is 13.3. The lowest BCUT2D eigenvalue weighted by Crippen LogP contribution is -2.76. The Morgan fingerprint density at radius 3 is 2.89 bits per heavy atom. The molecule has 6 heteroatoms. The van der Waals surface area contributed by atoms with Gasteiger partial charge in [-0.05, 0) is 74.4 Å². The monoisotopic (exact) mass is 496 g/mol. The number of ether oxygens (including phenoxy) is 1. The van der Waals surface area contributed by atoms with Gasteiger partial charge in [-0.1, -0.05) is 36.3 Å². The molecule has 1 amide bonds. The van der Waals surface area contributed by atoms with Crippen LogP contribution in [-0.4, -0.2) is 69.8 Å². The van der Waals surface area contributed by atoms with E-state index in [1.54, 1.807) is 18.0 Å². The minimum atomic E-state index is -1.13. The molecule has 0 unspecified atom stereocenters. The van der Waals surface area contributed by atoms with Crippen LogP contribution in [0.2, 0.25) is 0 Å². The van der Waals surface area contributed by atoms with Crippen molar-refractivity contribution in [2.24, 2.45) is 5.92 Å². The molecule has 0 aromatic heterocycles. The third-order valence-electron chi connectivity index (χ3n) is 9.42. The van der Waals surface area contributed by atoms with E-state index in [2.05, 4.69) is 16.7 Å². The molecular weight excluding hydrogens is 464 g/mol. The third-order valence-corrected chi connectivity index (χ3v) is 9.42. The molecule has 0 radical (unpaired) electrons. The molecule has 1 saturated carbocycles. The predicted molar refractivity (Wildman–Crippen MR) is 139 cm³/mol. The van der Waals surface area contributed by atoms with E-state index in [4.69, 9.17) is 4.74 Å². The summed E-state index contributed by atoms with van der Waals surface area (Å²) in [5, 5.41) is 23.3. The maximum Gasteiger partial charge on any atom is 0.299 e. The van der Waals surface area contributed by atoms with Crippen LogP contribution in [0.1, 0.15) is 41.5 Å². The number of amides is 1. The molecule has 5 aliphatic rings. The highest BCUT2D eigenvalue weighted by Gasteiger charge is 2.72. The summed E-state index contributed by atoms with van der Waals surface area (Å²) in [4.78, 5) is 17.4. The summed E-state index contributed by atoms with van der Waals surface area (Å²) >= 11 is 0. The highest BCUT2D eigenvalue weighted by Crippen LogP contribution is 2.64. The summed E-state index contributed by atoms with van der Waals surface area (Å²) in [6.07, 6.45) is 7.31. The van der Waals surface area contributed by atoms with E-state index in [0.29, 0.717) is 12.2 Å². The van der Waals surface area contributed by atoms with E-state index >= 15 is 0 Å². The van der Waals surface area contributed by atoms with Crippen molar-refractivity contribution in [2.45, 2.75) is 61.8 Å². The molecule has 2 aromatic rings. The van der Waals surface area contributed by atoms with Gasteiger partial charge in [0.1, 0.15) is 11.7 Å². The minimum Gasteiger partial charge on any atom is -0.504 e. The molecule has 1 spiro atoms. The lowest BCUT2D eigenvalue weighted by atomic mass is 9.50. The van der Waals surface area contributed by atoms with Gasteiger partial charge in [0.2, 0.25) is 0 Å². The number of carbonyl (C=O) groups is 1. The quantitative estimate of drug-likeness (QED) is 0.505. The van der Waals surface area contributed by atoms with Crippen molar-refractivity contribution in [1.29, 1.82) is 0 Å². The average molecular weight is 497 g/mol. The van der Waals surface area contributed by atoms with Crippen LogP contribution in [0, 0.1) is 24.7 Å². The highest BCUT2D eigenvalue weighted by molar-refractivity contribution is 5.94. The van der Waals surface area contributed by atoms with Gasteiger partial charge < -0.3 is 19.8 Å². The van der Waals surface area contributed by atoms with E-state index in [1.165, 1.54) is 12.8 Å². The first-order chi connectivity index (χ1) is 17.8. The normalized spacial score (nSPS) is 32.7. The maximum absolute atomic E-state index is 13.3. The smallest absolute Gasteiger partial charge is 0.299 e. The lowest BCUT2D eigenvalue weighted by molar-refractivity contribution is -0.154. The van der Waals surface area contributed by atoms with Crippen LogP contribution in [0.25, 0.3) is 0 Å². The van der Waals surface area contributed by atoms with Crippen molar-refractivity contribution < 1.29 is 19.7 Å². The summed E-state index contributed by atoms with van der Waals surface area (Å²) in [7, 11) is 1.75. The van der Waals surface area contributed by atoms with Crippen LogP contribution in [-0.2, 0) is 16.6 Å². The number of rotatable bonds is 3. The van der Waals surface area contributed by atoms with Gasteiger partial charge in [0.05, 0.1) is 11.5 Å². The minimum absolute atomic E-state index is 0.0599. The zero-order valence-electron chi connectivity index (χ0n) is 21.3. The molecule has 5 atom stereocenters. The number of aliphatic hydroxyl groups is 1. The van der Waals surface area contributed by atoms with E-state index in [-0.39, 0.29) is 17.7 Å². The zero-order valence-corrected chi connectivity index (χ0v) is 21.3. The Bertz CT molecular complexity index is 1400. The van der Waals surface area contributed by atoms with Crippen molar-refractivity contribution in [2.75, 3.05) is 20.1 Å². The number of aromatic hydroxyl groups is 1. The van der Waals surface area contributed by atoms with Crippen molar-refractivity contribution in [3.8, 4) is 23.3 Å². The molecule has 2 fully saturated rings. The Morgan fingerprint density at radius 2 is 2.11 bits per heavy atom. The fraction of sp³-hybridized carbons (Fsp3) is 0.452. The number of aryl methyl sites for hydroxylation is 1. The second kappa shape index (κ2) is 7.86. The first kappa shape index (κ1) is 22.9. The maximum atomic E-state index is 13.3. The van der Waals surface area contributed by atoms with Crippen molar-refractivity contribution in [1.82, 2.24) is 9.80 Å². The second-order valence-electron chi connectivity index (χ2n) is 11.6. The van der Waals surface area contributed by atoms with Gasteiger partial charge in [0.15, 0.2) is 11.5 Å². The number of piperidine rings is 1. The highest BCUT2D eigenvalue weighted by atomic mass is 16.5. The molecule has 2 N–H and O–H groups in total. The molecule has 7 rings (SSSR count). The number of nitrogens with zero attached hydrogens (tertiary/aromatic N) is 2. The van der Waals surface area contributed by atoms with Gasteiger partial charge in [-0.3, -0.25) is 9.69 Å². The molecule has 37 heavy (non-hydrogen) atoms. The van der Waals surface area contributed by atoms with Gasteiger partial charge in [0, 0.05) is 36.7 Å². The Kier molecular flexibility index (Phi) is 4.87. The fourth-order valence-electron chi connectivity index (χ4n) is 7.42. The van der Waals surface area contributed by atoms with E-state index in [1.807, 2.05) is 49.4 Å². The Morgan fingerprint density at radius 1 is 1.27 bits per heavy atom. The molecule has 3 aliphatic carbocycles. The van der Waals surface area contributed by atoms with E-state index in [0.717, 1.165) is 47.7 Å². The van der Waals surface area contributed by atoms with Gasteiger partial charge >= 0.3 is 0 Å². The third kappa shape index (κ3) is 3.17. The number of likely N-dealkylation sites (N-methyl/N-ethyl adjacent to an activating group) is 1. The van der Waals surface area contributed by atoms with Gasteiger partial charge in [-0.2, -0.15) is 0 Å². The van der Waals surface area contributed by atoms with Crippen molar-refractivity contribution >= 4 is 5.91 Å². The SMILES string of the molecule is Cc1cccc(C#CC(=O)N(C)[C@@H]2C=C[C@@]3(O)[C@H]4Cc5ccc(O)c6c5[C@@]3(CCN4CC3CC3)[C@H]2O6)c1. The molecule has 2 aromatic carbocycles. The molecule has 190 valence electrons. The number of hydrogen-bond donors (Lipinski definition) is 2. The predicted octanol–water partition coefficient (Wildman–Crippen LogP) is 2.92. The number of benzene rings is 2. The van der Waals surface area contributed by atoms with E-state index < -0.39 is 23.2 Å². The van der Waals surface area contributed by atoms with Crippen LogP contribution in [0.15, 0.2) is 48.6 Å². The molecule has 2 heterocycles. The first-order valence-corrected chi connectivity index (χ1v) is 13.3. The van der Waals surface area contributed by atoms with Gasteiger partial charge in [-0.25, -0.2) is 0 Å². The van der Waals surface area contributed by atoms with Crippen LogP contribution in [0.3, 0.4) is 0 Å². The standard InChI is InChI=1S/C31H32N2O4/c1-19-4-3-5-20(16-19)8-11-26(35)32(2)23-12-13-31(36)25-17-22-9-10-24(34)28-27(22)30(31,29(23)37-28)14-15-33(25)18-21-6-7-21/h3-5,9-10,12-13,16,21,23,25,29,34,36H,6-7,14-15,17-18H2,1-2H3/t23-,25-,29+,30+,31-/m1/s1. The van der Waals surface area contributed by atoms with Crippen molar-refractivity contribution in [3.05, 3.63) is 70.8 Å². The molecule has 6 nitrogen and oxygen atoms in total. The second-order valence-corrected chi connectivity index (χ2v) is 11.6. The summed E-state index contributed by atoms with van der Waals surface area (Å²) in [6, 6.07) is 11.0.